The van der Waals surface area contributed by atoms with Gasteiger partial charge in [0.15, 0.2) is 0 Å². The van der Waals surface area contributed by atoms with Crippen LogP contribution in [0.25, 0.3) is 0 Å². The Morgan fingerprint density at radius 2 is 2.17 bits per heavy atom. The van der Waals surface area contributed by atoms with Crippen molar-refractivity contribution in [1.29, 1.82) is 0 Å². The molecule has 5 nitrogen and oxygen atoms in total. The minimum atomic E-state index is -0.495. The monoisotopic (exact) mass is 332 g/mol. The van der Waals surface area contributed by atoms with Crippen molar-refractivity contribution < 1.29 is 14.3 Å². The molecule has 1 fully saturated rings. The molecule has 2 atom stereocenters. The smallest absolute Gasteiger partial charge is 0.253 e. The molecule has 2 rings (SSSR count). The van der Waals surface area contributed by atoms with Gasteiger partial charge in [-0.3, -0.25) is 9.59 Å². The quantitative estimate of drug-likeness (QED) is 0.900. The van der Waals surface area contributed by atoms with Crippen molar-refractivity contribution >= 4 is 17.5 Å². The van der Waals surface area contributed by atoms with Gasteiger partial charge < -0.3 is 15.0 Å². The van der Waals surface area contributed by atoms with Gasteiger partial charge in [0.2, 0.25) is 0 Å². The zero-order valence-corrected chi connectivity index (χ0v) is 15.1. The minimum absolute atomic E-state index is 0.0743. The number of piperidine rings is 1. The first-order valence-electron chi connectivity index (χ1n) is 8.74. The van der Waals surface area contributed by atoms with Gasteiger partial charge in [-0.25, -0.2) is 0 Å². The maximum atomic E-state index is 12.6. The Bertz CT molecular complexity index is 600. The zero-order valence-electron chi connectivity index (χ0n) is 15.1. The van der Waals surface area contributed by atoms with Gasteiger partial charge in [0.05, 0.1) is 0 Å². The number of nitrogens with zero attached hydrogens (tertiary/aromatic N) is 1. The maximum Gasteiger partial charge on any atom is 0.253 e. The molecule has 24 heavy (non-hydrogen) atoms. The fraction of sp³-hybridized carbons (Fsp3) is 0.579. The summed E-state index contributed by atoms with van der Waals surface area (Å²) < 4.78 is 5.29. The van der Waals surface area contributed by atoms with Gasteiger partial charge in [-0.05, 0) is 63.3 Å². The molecule has 0 saturated carbocycles. The number of ether oxygens (including phenoxy) is 1. The number of nitrogens with one attached hydrogen (secondary N) is 1. The van der Waals surface area contributed by atoms with Crippen molar-refractivity contribution in [2.45, 2.75) is 46.6 Å². The molecule has 1 aromatic rings. The van der Waals surface area contributed by atoms with Crippen LogP contribution in [0.2, 0.25) is 0 Å². The molecule has 1 aliphatic rings. The molecular formula is C19H28N2O3. The summed E-state index contributed by atoms with van der Waals surface area (Å²) in [5.41, 5.74) is 2.27. The fourth-order valence-electron chi connectivity index (χ4n) is 3.05. The molecule has 0 spiro atoms. The highest BCUT2D eigenvalue weighted by Gasteiger charge is 2.22. The van der Waals surface area contributed by atoms with Crippen molar-refractivity contribution in [2.75, 3.05) is 25.0 Å². The third-order valence-electron chi connectivity index (χ3n) is 4.46. The summed E-state index contributed by atoms with van der Waals surface area (Å²) in [7, 11) is 0. The van der Waals surface area contributed by atoms with Gasteiger partial charge in [-0.2, -0.15) is 0 Å². The Morgan fingerprint density at radius 3 is 2.79 bits per heavy atom. The van der Waals surface area contributed by atoms with E-state index in [-0.39, 0.29) is 11.8 Å². The molecule has 1 aromatic carbocycles. The summed E-state index contributed by atoms with van der Waals surface area (Å²) in [5, 5.41) is 2.86. The average Bonchev–Trinajstić information content (AvgIpc) is 2.56. The molecule has 2 amide bonds. The van der Waals surface area contributed by atoms with Crippen LogP contribution in [-0.4, -0.2) is 42.5 Å². The lowest BCUT2D eigenvalue weighted by Crippen LogP contribution is -2.39. The van der Waals surface area contributed by atoms with E-state index < -0.39 is 6.10 Å². The Balaban J connectivity index is 2.06. The largest absolute Gasteiger partial charge is 0.369 e. The zero-order chi connectivity index (χ0) is 17.7. The van der Waals surface area contributed by atoms with E-state index in [0.29, 0.717) is 18.1 Å². The van der Waals surface area contributed by atoms with E-state index >= 15 is 0 Å². The van der Waals surface area contributed by atoms with E-state index in [0.717, 1.165) is 30.8 Å². The van der Waals surface area contributed by atoms with Crippen LogP contribution in [0.1, 0.15) is 49.5 Å². The number of rotatable bonds is 5. The Labute approximate surface area is 144 Å². The number of aryl methyl sites for hydroxylation is 1. The third-order valence-corrected chi connectivity index (χ3v) is 4.46. The maximum absolute atomic E-state index is 12.6. The SMILES string of the molecule is CCO[C@@H](C)C(=O)Nc1ccc(C(=O)N2CCC[C@H](C)C2)cc1C. The van der Waals surface area contributed by atoms with E-state index in [1.807, 2.05) is 24.8 Å². The van der Waals surface area contributed by atoms with Crippen LogP contribution in [0.4, 0.5) is 5.69 Å². The summed E-state index contributed by atoms with van der Waals surface area (Å²) in [6, 6.07) is 5.44. The van der Waals surface area contributed by atoms with Crippen LogP contribution >= 0.6 is 0 Å². The average molecular weight is 332 g/mol. The second-order valence-corrected chi connectivity index (χ2v) is 6.62. The summed E-state index contributed by atoms with van der Waals surface area (Å²) >= 11 is 0. The first kappa shape index (κ1) is 18.5. The van der Waals surface area contributed by atoms with Crippen LogP contribution in [0, 0.1) is 12.8 Å². The Kier molecular flexibility index (Phi) is 6.37. The van der Waals surface area contributed by atoms with Gasteiger partial charge in [0, 0.05) is 30.9 Å². The predicted molar refractivity (Wildman–Crippen MR) is 95.2 cm³/mol. The Hall–Kier alpha value is -1.88. The van der Waals surface area contributed by atoms with Gasteiger partial charge in [0.25, 0.3) is 11.8 Å². The van der Waals surface area contributed by atoms with Crippen molar-refractivity contribution in [1.82, 2.24) is 4.90 Å². The minimum Gasteiger partial charge on any atom is -0.369 e. The molecule has 0 bridgehead atoms. The first-order chi connectivity index (χ1) is 11.4. The molecule has 0 aliphatic carbocycles. The van der Waals surface area contributed by atoms with Crippen molar-refractivity contribution in [3.63, 3.8) is 0 Å². The number of carbonyl (C=O) groups excluding carboxylic acids is 2. The topological polar surface area (TPSA) is 58.6 Å². The molecule has 132 valence electrons. The number of benzene rings is 1. The lowest BCUT2D eigenvalue weighted by molar-refractivity contribution is -0.126. The molecule has 1 aliphatic heterocycles. The lowest BCUT2D eigenvalue weighted by Gasteiger charge is -2.31. The highest BCUT2D eigenvalue weighted by atomic mass is 16.5. The highest BCUT2D eigenvalue weighted by Crippen LogP contribution is 2.21. The van der Waals surface area contributed by atoms with E-state index in [9.17, 15) is 9.59 Å². The molecular weight excluding hydrogens is 304 g/mol. The molecule has 0 unspecified atom stereocenters. The normalized spacial score (nSPS) is 19.0. The van der Waals surface area contributed by atoms with E-state index in [1.54, 1.807) is 19.1 Å². The number of amides is 2. The first-order valence-corrected chi connectivity index (χ1v) is 8.74. The van der Waals surface area contributed by atoms with Gasteiger partial charge >= 0.3 is 0 Å². The number of likely N-dealkylation sites (tertiary alicyclic amines) is 1. The van der Waals surface area contributed by atoms with Gasteiger partial charge in [0.1, 0.15) is 6.10 Å². The molecule has 1 saturated heterocycles. The van der Waals surface area contributed by atoms with Crippen LogP contribution in [0.15, 0.2) is 18.2 Å². The summed E-state index contributed by atoms with van der Waals surface area (Å²) in [6.45, 7) is 9.81. The molecule has 0 aromatic heterocycles. The van der Waals surface area contributed by atoms with Crippen LogP contribution in [0.3, 0.4) is 0 Å². The van der Waals surface area contributed by atoms with E-state index in [2.05, 4.69) is 12.2 Å². The van der Waals surface area contributed by atoms with Gasteiger partial charge in [-0.15, -0.1) is 0 Å². The number of hydrogen-bond acceptors (Lipinski definition) is 3. The Morgan fingerprint density at radius 1 is 1.42 bits per heavy atom. The molecule has 0 radical (unpaired) electrons. The predicted octanol–water partition coefficient (Wildman–Crippen LogP) is 3.23. The van der Waals surface area contributed by atoms with Crippen LogP contribution in [0.5, 0.6) is 0 Å². The lowest BCUT2D eigenvalue weighted by atomic mass is 9.99. The second-order valence-electron chi connectivity index (χ2n) is 6.62. The van der Waals surface area contributed by atoms with Crippen LogP contribution < -0.4 is 5.32 Å². The standard InChI is InChI=1S/C19H28N2O3/c1-5-24-15(4)18(22)20-17-9-8-16(11-14(17)3)19(23)21-10-6-7-13(2)12-21/h8-9,11,13,15H,5-7,10,12H2,1-4H3,(H,20,22)/t13-,15-/m0/s1. The summed E-state index contributed by atoms with van der Waals surface area (Å²) in [5.74, 6) is 0.455. The van der Waals surface area contributed by atoms with E-state index in [1.165, 1.54) is 6.42 Å². The summed E-state index contributed by atoms with van der Waals surface area (Å²) in [4.78, 5) is 26.6. The number of carbonyl (C=O) groups is 2. The van der Waals surface area contributed by atoms with E-state index in [4.69, 9.17) is 4.74 Å². The number of hydrogen-bond donors (Lipinski definition) is 1. The van der Waals surface area contributed by atoms with Crippen molar-refractivity contribution in [3.05, 3.63) is 29.3 Å². The van der Waals surface area contributed by atoms with Crippen molar-refractivity contribution in [3.8, 4) is 0 Å². The highest BCUT2D eigenvalue weighted by molar-refractivity contribution is 5.97. The molecule has 5 heteroatoms. The fourth-order valence-corrected chi connectivity index (χ4v) is 3.05. The summed E-state index contributed by atoms with van der Waals surface area (Å²) in [6.07, 6.45) is 1.76. The van der Waals surface area contributed by atoms with Crippen LogP contribution in [-0.2, 0) is 9.53 Å². The van der Waals surface area contributed by atoms with Gasteiger partial charge in [-0.1, -0.05) is 6.92 Å². The number of anilines is 1. The van der Waals surface area contributed by atoms with Crippen molar-refractivity contribution in [2.24, 2.45) is 5.92 Å². The molecule has 1 heterocycles. The molecule has 1 N–H and O–H groups in total. The third kappa shape index (κ3) is 4.57. The second kappa shape index (κ2) is 8.29.